The molecule has 26 heavy (non-hydrogen) atoms. The van der Waals surface area contributed by atoms with E-state index >= 15 is 0 Å². The largest absolute Gasteiger partial charge is 0.354 e. The highest BCUT2D eigenvalue weighted by Gasteiger charge is 2.25. The average molecular weight is 379 g/mol. The third kappa shape index (κ3) is 6.72. The lowest BCUT2D eigenvalue weighted by molar-refractivity contribution is 0.402. The van der Waals surface area contributed by atoms with Gasteiger partial charge < -0.3 is 15.5 Å². The zero-order valence-corrected chi connectivity index (χ0v) is 17.4. The van der Waals surface area contributed by atoms with Crippen LogP contribution in [0.3, 0.4) is 0 Å². The number of hydrogen-bond acceptors (Lipinski definition) is 3. The van der Waals surface area contributed by atoms with Gasteiger partial charge in [0.15, 0.2) is 5.96 Å². The van der Waals surface area contributed by atoms with Crippen LogP contribution in [0.4, 0.5) is 0 Å². The van der Waals surface area contributed by atoms with Crippen LogP contribution in [0, 0.1) is 0 Å². The van der Waals surface area contributed by atoms with Crippen LogP contribution in [-0.4, -0.2) is 53.3 Å². The number of nitrogens with one attached hydrogen (secondary N) is 2. The van der Waals surface area contributed by atoms with Crippen LogP contribution in [0.15, 0.2) is 29.3 Å². The minimum Gasteiger partial charge on any atom is -0.354 e. The summed E-state index contributed by atoms with van der Waals surface area (Å²) in [5, 5.41) is 7.27. The fourth-order valence-electron chi connectivity index (χ4n) is 3.53. The first-order valence-electron chi connectivity index (χ1n) is 9.58. The Bertz CT molecular complexity index is 618. The maximum Gasteiger partial charge on any atom is 0.191 e. The Balaban J connectivity index is 1.87. The van der Waals surface area contributed by atoms with E-state index in [0.29, 0.717) is 11.3 Å². The Kier molecular flexibility index (Phi) is 8.59. The summed E-state index contributed by atoms with van der Waals surface area (Å²) < 4.78 is 12.1. The number of rotatable bonds is 7. The molecule has 0 radical (unpaired) electrons. The van der Waals surface area contributed by atoms with Crippen LogP contribution in [0.2, 0.25) is 0 Å². The highest BCUT2D eigenvalue weighted by molar-refractivity contribution is 7.85. The molecule has 1 aliphatic carbocycles. The zero-order valence-electron chi connectivity index (χ0n) is 16.6. The number of benzene rings is 1. The van der Waals surface area contributed by atoms with Crippen molar-refractivity contribution in [3.8, 4) is 0 Å². The molecule has 0 aromatic heterocycles. The summed E-state index contributed by atoms with van der Waals surface area (Å²) in [6.07, 6.45) is 4.32. The molecule has 2 rings (SSSR count). The summed E-state index contributed by atoms with van der Waals surface area (Å²) in [6.45, 7) is 3.70. The Morgan fingerprint density at radius 3 is 2.77 bits per heavy atom. The first kappa shape index (κ1) is 20.9. The number of hydrogen-bond donors (Lipinski definition) is 2. The summed E-state index contributed by atoms with van der Waals surface area (Å²) in [7, 11) is 5.28. The van der Waals surface area contributed by atoms with Crippen molar-refractivity contribution < 1.29 is 4.21 Å². The van der Waals surface area contributed by atoms with Gasteiger partial charge in [0.25, 0.3) is 0 Å². The second kappa shape index (κ2) is 10.7. The van der Waals surface area contributed by atoms with Crippen molar-refractivity contribution in [2.24, 2.45) is 4.99 Å². The topological polar surface area (TPSA) is 56.7 Å². The van der Waals surface area contributed by atoms with Gasteiger partial charge in [0, 0.05) is 48.0 Å². The predicted octanol–water partition coefficient (Wildman–Crippen LogP) is 2.49. The van der Waals surface area contributed by atoms with Crippen molar-refractivity contribution in [1.29, 1.82) is 0 Å². The number of guanidine groups is 1. The normalized spacial score (nSPS) is 22.3. The average Bonchev–Trinajstić information content (AvgIpc) is 2.64. The molecule has 0 bridgehead atoms. The third-order valence-corrected chi connectivity index (χ3v) is 6.54. The van der Waals surface area contributed by atoms with E-state index in [2.05, 4.69) is 58.9 Å². The van der Waals surface area contributed by atoms with Crippen molar-refractivity contribution in [2.45, 2.75) is 57.0 Å². The highest BCUT2D eigenvalue weighted by atomic mass is 32.2. The maximum absolute atomic E-state index is 12.1. The SMILES string of the molecule is CCS(=O)C1CCCC(NC(=NC)NCc2cccc(CN(C)C)c2)C1. The first-order chi connectivity index (χ1) is 12.5. The monoisotopic (exact) mass is 378 g/mol. The summed E-state index contributed by atoms with van der Waals surface area (Å²) in [4.78, 5) is 6.54. The van der Waals surface area contributed by atoms with Crippen molar-refractivity contribution in [1.82, 2.24) is 15.5 Å². The van der Waals surface area contributed by atoms with Gasteiger partial charge in [-0.2, -0.15) is 0 Å². The van der Waals surface area contributed by atoms with Gasteiger partial charge in [-0.05, 0) is 44.5 Å². The lowest BCUT2D eigenvalue weighted by atomic mass is 9.95. The van der Waals surface area contributed by atoms with Gasteiger partial charge in [0.2, 0.25) is 0 Å². The molecule has 1 aliphatic rings. The predicted molar refractivity (Wildman–Crippen MR) is 112 cm³/mol. The van der Waals surface area contributed by atoms with E-state index in [-0.39, 0.29) is 0 Å². The molecule has 3 atom stereocenters. The van der Waals surface area contributed by atoms with Crippen LogP contribution >= 0.6 is 0 Å². The lowest BCUT2D eigenvalue weighted by Gasteiger charge is -2.30. The molecule has 146 valence electrons. The first-order valence-corrected chi connectivity index (χ1v) is 11.0. The van der Waals surface area contributed by atoms with Crippen molar-refractivity contribution in [3.05, 3.63) is 35.4 Å². The van der Waals surface area contributed by atoms with Crippen LogP contribution in [-0.2, 0) is 23.9 Å². The Labute approximate surface area is 161 Å². The molecule has 0 aliphatic heterocycles. The van der Waals surface area contributed by atoms with Crippen LogP contribution < -0.4 is 10.6 Å². The molecular weight excluding hydrogens is 344 g/mol. The van der Waals surface area contributed by atoms with Gasteiger partial charge in [-0.3, -0.25) is 9.20 Å². The molecule has 3 unspecified atom stereocenters. The molecular formula is C20H34N4OS. The summed E-state index contributed by atoms with van der Waals surface area (Å²) in [5.74, 6) is 1.59. The fourth-order valence-corrected chi connectivity index (χ4v) is 4.88. The Hall–Kier alpha value is -1.40. The van der Waals surface area contributed by atoms with Crippen LogP contribution in [0.5, 0.6) is 0 Å². The molecule has 2 N–H and O–H groups in total. The molecule has 0 amide bonds. The summed E-state index contributed by atoms with van der Waals surface area (Å²) in [5.41, 5.74) is 2.57. The highest BCUT2D eigenvalue weighted by Crippen LogP contribution is 2.23. The molecule has 1 aromatic rings. The summed E-state index contributed by atoms with van der Waals surface area (Å²) in [6, 6.07) is 9.00. The third-order valence-electron chi connectivity index (χ3n) is 4.80. The van der Waals surface area contributed by atoms with Crippen molar-refractivity contribution in [2.75, 3.05) is 26.9 Å². The van der Waals surface area contributed by atoms with Crippen LogP contribution in [0.1, 0.15) is 43.7 Å². The van der Waals surface area contributed by atoms with E-state index in [4.69, 9.17) is 0 Å². The molecule has 6 heteroatoms. The Morgan fingerprint density at radius 2 is 2.08 bits per heavy atom. The molecule has 0 saturated heterocycles. The van der Waals surface area contributed by atoms with E-state index in [1.165, 1.54) is 11.1 Å². The standard InChI is InChI=1S/C20H34N4OS/c1-5-26(25)19-11-7-10-18(13-19)23-20(21-2)22-14-16-8-6-9-17(12-16)15-24(3)4/h6,8-9,12,18-19H,5,7,10-11,13-15H2,1-4H3,(H2,21,22,23). The van der Waals surface area contributed by atoms with Gasteiger partial charge in [-0.25, -0.2) is 0 Å². The lowest BCUT2D eigenvalue weighted by Crippen LogP contribution is -2.46. The zero-order chi connectivity index (χ0) is 18.9. The second-order valence-corrected chi connectivity index (χ2v) is 9.29. The van der Waals surface area contributed by atoms with E-state index in [1.54, 1.807) is 0 Å². The van der Waals surface area contributed by atoms with Gasteiger partial charge in [-0.1, -0.05) is 37.6 Å². The van der Waals surface area contributed by atoms with Crippen molar-refractivity contribution >= 4 is 16.8 Å². The van der Waals surface area contributed by atoms with E-state index < -0.39 is 10.8 Å². The minimum atomic E-state index is -0.696. The van der Waals surface area contributed by atoms with Crippen molar-refractivity contribution in [3.63, 3.8) is 0 Å². The van der Waals surface area contributed by atoms with E-state index in [1.807, 2.05) is 14.0 Å². The molecule has 1 fully saturated rings. The van der Waals surface area contributed by atoms with Gasteiger partial charge >= 0.3 is 0 Å². The molecule has 1 aromatic carbocycles. The number of nitrogens with zero attached hydrogens (tertiary/aromatic N) is 2. The van der Waals surface area contributed by atoms with Gasteiger partial charge in [-0.15, -0.1) is 0 Å². The molecule has 0 heterocycles. The van der Waals surface area contributed by atoms with Gasteiger partial charge in [0.1, 0.15) is 0 Å². The van der Waals surface area contributed by atoms with E-state index in [0.717, 1.165) is 50.5 Å². The van der Waals surface area contributed by atoms with E-state index in [9.17, 15) is 4.21 Å². The molecule has 1 saturated carbocycles. The Morgan fingerprint density at radius 1 is 1.31 bits per heavy atom. The fraction of sp³-hybridized carbons (Fsp3) is 0.650. The molecule has 0 spiro atoms. The van der Waals surface area contributed by atoms with Crippen LogP contribution in [0.25, 0.3) is 0 Å². The molecule has 5 nitrogen and oxygen atoms in total. The quantitative estimate of drug-likeness (QED) is 0.565. The van der Waals surface area contributed by atoms with Gasteiger partial charge in [0.05, 0.1) is 0 Å². The second-order valence-electron chi connectivity index (χ2n) is 7.28. The summed E-state index contributed by atoms with van der Waals surface area (Å²) >= 11 is 0. The smallest absolute Gasteiger partial charge is 0.191 e. The minimum absolute atomic E-state index is 0.326. The maximum atomic E-state index is 12.1. The number of aliphatic imine (C=N–C) groups is 1.